The highest BCUT2D eigenvalue weighted by atomic mass is 35.5. The van der Waals surface area contributed by atoms with Crippen molar-refractivity contribution in [3.05, 3.63) is 99.0 Å². The number of hydrogen-bond donors (Lipinski definition) is 2. The summed E-state index contributed by atoms with van der Waals surface area (Å²) in [6.07, 6.45) is 1.53. The highest BCUT2D eigenvalue weighted by Crippen LogP contribution is 2.22. The molecule has 2 amide bonds. The van der Waals surface area contributed by atoms with E-state index in [1.165, 1.54) is 23.9 Å². The molecule has 0 aromatic heterocycles. The van der Waals surface area contributed by atoms with E-state index in [1.807, 2.05) is 63.2 Å². The Morgan fingerprint density at radius 3 is 2.40 bits per heavy atom. The maximum atomic E-state index is 12.7. The third-order valence-electron chi connectivity index (χ3n) is 5.17. The van der Waals surface area contributed by atoms with Gasteiger partial charge in [-0.1, -0.05) is 66.9 Å². The molecule has 0 saturated carbocycles. The van der Waals surface area contributed by atoms with Crippen molar-refractivity contribution in [1.82, 2.24) is 10.7 Å². The van der Waals surface area contributed by atoms with Crippen LogP contribution in [-0.2, 0) is 11.4 Å². The smallest absolute Gasteiger partial charge is 0.262 e. The van der Waals surface area contributed by atoms with Gasteiger partial charge in [0.15, 0.2) is 0 Å². The second kappa shape index (κ2) is 12.4. The van der Waals surface area contributed by atoms with E-state index in [9.17, 15) is 9.59 Å². The number of amides is 2. The quantitative estimate of drug-likeness (QED) is 0.282. The Morgan fingerprint density at radius 1 is 1.00 bits per heavy atom. The van der Waals surface area contributed by atoms with E-state index in [4.69, 9.17) is 27.9 Å². The van der Waals surface area contributed by atoms with E-state index in [1.54, 1.807) is 6.07 Å². The number of hydrogen-bond acceptors (Lipinski definition) is 4. The van der Waals surface area contributed by atoms with Gasteiger partial charge in [0.05, 0.1) is 16.3 Å². The van der Waals surface area contributed by atoms with Gasteiger partial charge in [0.2, 0.25) is 0 Å². The summed E-state index contributed by atoms with van der Waals surface area (Å²) in [5.41, 5.74) is 5.88. The minimum Gasteiger partial charge on any atom is -0.489 e. The lowest BCUT2D eigenvalue weighted by Crippen LogP contribution is -2.48. The number of aryl methyl sites for hydroxylation is 1. The van der Waals surface area contributed by atoms with Crippen molar-refractivity contribution in [3.63, 3.8) is 0 Å². The maximum absolute atomic E-state index is 12.7. The van der Waals surface area contributed by atoms with Gasteiger partial charge in [-0.3, -0.25) is 9.59 Å². The first kappa shape index (κ1) is 26.3. The molecule has 0 radical (unpaired) electrons. The molecule has 0 aliphatic carbocycles. The topological polar surface area (TPSA) is 79.8 Å². The number of rotatable bonds is 9. The Hall–Kier alpha value is -3.35. The minimum atomic E-state index is -0.786. The van der Waals surface area contributed by atoms with Gasteiger partial charge in [-0.25, -0.2) is 5.43 Å². The lowest BCUT2D eigenvalue weighted by atomic mass is 10.0. The van der Waals surface area contributed by atoms with Gasteiger partial charge < -0.3 is 10.1 Å². The van der Waals surface area contributed by atoms with Crippen molar-refractivity contribution in [2.24, 2.45) is 11.0 Å². The highest BCUT2D eigenvalue weighted by molar-refractivity contribution is 6.42. The standard InChI is InChI=1S/C27H27Cl2N3O3/c1-17(2)25(31-26(33)21-9-12-23(28)24(29)14-21)27(34)32-30-15-19-7-10-22(11-8-19)35-16-20-6-4-5-18(3)13-20/h4-15,17,25H,16H2,1-3H3,(H,31,33)(H,32,34)/b30-15-. The molecule has 6 nitrogen and oxygen atoms in total. The monoisotopic (exact) mass is 511 g/mol. The molecule has 0 heterocycles. The van der Waals surface area contributed by atoms with E-state index in [2.05, 4.69) is 21.9 Å². The molecule has 0 fully saturated rings. The van der Waals surface area contributed by atoms with E-state index >= 15 is 0 Å². The fourth-order valence-corrected chi connectivity index (χ4v) is 3.55. The van der Waals surface area contributed by atoms with Crippen LogP contribution in [0.4, 0.5) is 0 Å². The van der Waals surface area contributed by atoms with Crippen molar-refractivity contribution < 1.29 is 14.3 Å². The SMILES string of the molecule is Cc1cccc(COc2ccc(/C=N\NC(=O)C(NC(=O)c3ccc(Cl)c(Cl)c3)C(C)C)cc2)c1. The molecule has 182 valence electrons. The Balaban J connectivity index is 1.54. The third-order valence-corrected chi connectivity index (χ3v) is 5.91. The van der Waals surface area contributed by atoms with Crippen LogP contribution in [0.2, 0.25) is 10.0 Å². The Labute approximate surface area is 215 Å². The van der Waals surface area contributed by atoms with E-state index < -0.39 is 17.9 Å². The summed E-state index contributed by atoms with van der Waals surface area (Å²) in [5.74, 6) is -0.287. The highest BCUT2D eigenvalue weighted by Gasteiger charge is 2.24. The molecule has 0 spiro atoms. The largest absolute Gasteiger partial charge is 0.489 e. The number of carbonyl (C=O) groups excluding carboxylic acids is 2. The Kier molecular flexibility index (Phi) is 9.29. The van der Waals surface area contributed by atoms with Gasteiger partial charge in [0.1, 0.15) is 18.4 Å². The van der Waals surface area contributed by atoms with Crippen LogP contribution in [0, 0.1) is 12.8 Å². The van der Waals surface area contributed by atoms with Crippen LogP contribution in [0.3, 0.4) is 0 Å². The van der Waals surface area contributed by atoms with E-state index in [0.717, 1.165) is 16.9 Å². The maximum Gasteiger partial charge on any atom is 0.262 e. The minimum absolute atomic E-state index is 0.165. The number of halogens is 2. The molecule has 2 N–H and O–H groups in total. The lowest BCUT2D eigenvalue weighted by Gasteiger charge is -2.20. The van der Waals surface area contributed by atoms with Crippen molar-refractivity contribution in [1.29, 1.82) is 0 Å². The second-order valence-corrected chi connectivity index (χ2v) is 9.22. The van der Waals surface area contributed by atoms with Crippen LogP contribution < -0.4 is 15.5 Å². The van der Waals surface area contributed by atoms with E-state index in [0.29, 0.717) is 17.2 Å². The first-order chi connectivity index (χ1) is 16.7. The van der Waals surface area contributed by atoms with E-state index in [-0.39, 0.29) is 10.9 Å². The fourth-order valence-electron chi connectivity index (χ4n) is 3.26. The molecule has 35 heavy (non-hydrogen) atoms. The number of carbonyl (C=O) groups is 2. The molecule has 0 saturated heterocycles. The van der Waals surface area contributed by atoms with Crippen LogP contribution in [0.25, 0.3) is 0 Å². The van der Waals surface area contributed by atoms with Crippen LogP contribution in [0.1, 0.15) is 40.9 Å². The summed E-state index contributed by atoms with van der Waals surface area (Å²) >= 11 is 11.9. The van der Waals surface area contributed by atoms with Gasteiger partial charge in [0.25, 0.3) is 11.8 Å². The van der Waals surface area contributed by atoms with Gasteiger partial charge in [-0.15, -0.1) is 0 Å². The van der Waals surface area contributed by atoms with Crippen LogP contribution in [-0.4, -0.2) is 24.1 Å². The second-order valence-electron chi connectivity index (χ2n) is 8.41. The summed E-state index contributed by atoms with van der Waals surface area (Å²) in [4.78, 5) is 25.2. The molecule has 0 bridgehead atoms. The predicted molar refractivity (Wildman–Crippen MR) is 140 cm³/mol. The molecule has 0 aliphatic rings. The summed E-state index contributed by atoms with van der Waals surface area (Å²) in [6, 6.07) is 19.3. The molecular formula is C27H27Cl2N3O3. The Morgan fingerprint density at radius 2 is 1.74 bits per heavy atom. The van der Waals surface area contributed by atoms with Crippen molar-refractivity contribution >= 4 is 41.2 Å². The predicted octanol–water partition coefficient (Wildman–Crippen LogP) is 5.79. The van der Waals surface area contributed by atoms with Gasteiger partial charge in [-0.2, -0.15) is 5.10 Å². The molecular weight excluding hydrogens is 485 g/mol. The van der Waals surface area contributed by atoms with Crippen LogP contribution in [0.5, 0.6) is 5.75 Å². The molecule has 1 atom stereocenters. The summed E-state index contributed by atoms with van der Waals surface area (Å²) in [6.45, 7) is 6.19. The fraction of sp³-hybridized carbons (Fsp3) is 0.222. The number of nitrogens with one attached hydrogen (secondary N) is 2. The lowest BCUT2D eigenvalue weighted by molar-refractivity contribution is -0.123. The van der Waals surface area contributed by atoms with Gasteiger partial charge >= 0.3 is 0 Å². The molecule has 3 aromatic rings. The van der Waals surface area contributed by atoms with Crippen LogP contribution in [0.15, 0.2) is 71.8 Å². The van der Waals surface area contributed by atoms with Crippen molar-refractivity contribution in [3.8, 4) is 5.75 Å². The number of ether oxygens (including phenoxy) is 1. The average Bonchev–Trinajstić information content (AvgIpc) is 2.83. The molecule has 1 unspecified atom stereocenters. The zero-order valence-electron chi connectivity index (χ0n) is 19.7. The van der Waals surface area contributed by atoms with Gasteiger partial charge in [-0.05, 0) is 66.4 Å². The Bertz CT molecular complexity index is 1210. The summed E-state index contributed by atoms with van der Waals surface area (Å²) in [7, 11) is 0. The number of nitrogens with zero attached hydrogens (tertiary/aromatic N) is 1. The first-order valence-corrected chi connectivity index (χ1v) is 11.9. The zero-order chi connectivity index (χ0) is 25.4. The first-order valence-electron chi connectivity index (χ1n) is 11.1. The van der Waals surface area contributed by atoms with Gasteiger partial charge in [0, 0.05) is 5.56 Å². The normalized spacial score (nSPS) is 11.9. The number of hydrazone groups is 1. The molecule has 3 rings (SSSR count). The summed E-state index contributed by atoms with van der Waals surface area (Å²) < 4.78 is 5.82. The average molecular weight is 512 g/mol. The number of benzene rings is 3. The van der Waals surface area contributed by atoms with Crippen molar-refractivity contribution in [2.45, 2.75) is 33.4 Å². The molecule has 8 heteroatoms. The van der Waals surface area contributed by atoms with Crippen LogP contribution >= 0.6 is 23.2 Å². The summed E-state index contributed by atoms with van der Waals surface area (Å²) in [5, 5.41) is 7.37. The molecule has 3 aromatic carbocycles. The molecule has 0 aliphatic heterocycles. The third kappa shape index (κ3) is 7.84. The zero-order valence-corrected chi connectivity index (χ0v) is 21.2. The van der Waals surface area contributed by atoms with Crippen molar-refractivity contribution in [2.75, 3.05) is 0 Å².